The van der Waals surface area contributed by atoms with Gasteiger partial charge in [-0.25, -0.2) is 14.5 Å². The van der Waals surface area contributed by atoms with Crippen LogP contribution in [0.1, 0.15) is 63.3 Å². The monoisotopic (exact) mass is 471 g/mol. The number of carbonyl (C=O) groups is 2. The molecule has 0 aliphatic heterocycles. The molecule has 2 heterocycles. The molecular formula is C24H33N5O5. The van der Waals surface area contributed by atoms with Crippen molar-refractivity contribution in [1.82, 2.24) is 25.3 Å². The van der Waals surface area contributed by atoms with Crippen LogP contribution >= 0.6 is 0 Å². The molecule has 10 heteroatoms. The number of pyridine rings is 1. The molecule has 10 nitrogen and oxygen atoms in total. The van der Waals surface area contributed by atoms with Crippen molar-refractivity contribution in [3.05, 3.63) is 23.5 Å². The average molecular weight is 472 g/mol. The minimum atomic E-state index is -0.761. The molecule has 2 aliphatic carbocycles. The summed E-state index contributed by atoms with van der Waals surface area (Å²) in [5, 5.41) is 20.4. The number of aliphatic carboxylic acids is 1. The highest BCUT2D eigenvalue weighted by Gasteiger charge is 2.42. The van der Waals surface area contributed by atoms with Gasteiger partial charge in [0.15, 0.2) is 0 Å². The van der Waals surface area contributed by atoms with E-state index in [1.54, 1.807) is 11.7 Å². The number of nitrogens with zero attached hydrogens (tertiary/aromatic N) is 4. The van der Waals surface area contributed by atoms with Gasteiger partial charge in [-0.3, -0.25) is 4.79 Å². The number of aryl methyl sites for hydroxylation is 2. The van der Waals surface area contributed by atoms with E-state index in [0.29, 0.717) is 48.0 Å². The maximum atomic E-state index is 12.2. The smallest absolute Gasteiger partial charge is 0.407 e. The van der Waals surface area contributed by atoms with Crippen molar-refractivity contribution >= 4 is 12.1 Å². The van der Waals surface area contributed by atoms with E-state index in [-0.39, 0.29) is 24.0 Å². The summed E-state index contributed by atoms with van der Waals surface area (Å²) < 4.78 is 13.1. The first-order valence-corrected chi connectivity index (χ1v) is 12.0. The van der Waals surface area contributed by atoms with E-state index < -0.39 is 12.1 Å². The molecule has 2 aliphatic rings. The summed E-state index contributed by atoms with van der Waals surface area (Å²) in [6, 6.07) is 3.64. The number of rotatable bonds is 9. The molecule has 0 saturated heterocycles. The zero-order chi connectivity index (χ0) is 24.3. The molecule has 0 spiro atoms. The van der Waals surface area contributed by atoms with Crippen molar-refractivity contribution in [2.24, 2.45) is 18.4 Å². The van der Waals surface area contributed by atoms with E-state index >= 15 is 0 Å². The van der Waals surface area contributed by atoms with Crippen molar-refractivity contribution < 1.29 is 24.2 Å². The molecule has 2 atom stereocenters. The van der Waals surface area contributed by atoms with Crippen LogP contribution in [-0.4, -0.2) is 49.9 Å². The molecule has 0 unspecified atom stereocenters. The molecule has 4 rings (SSSR count). The Labute approximate surface area is 199 Å². The summed E-state index contributed by atoms with van der Waals surface area (Å²) in [6.07, 6.45) is 5.52. The number of carboxylic acid groups (broad SMARTS) is 1. The van der Waals surface area contributed by atoms with Gasteiger partial charge in [-0.15, -0.1) is 5.10 Å². The van der Waals surface area contributed by atoms with Gasteiger partial charge < -0.3 is 19.9 Å². The lowest BCUT2D eigenvalue weighted by Crippen LogP contribution is -2.29. The number of aromatic nitrogens is 4. The van der Waals surface area contributed by atoms with Gasteiger partial charge in [0.05, 0.1) is 42.3 Å². The SMILES string of the molecule is CCC1(COC(=O)NCc2c(-c3ccc(O[C@H]4CCC[C@H](C(=O)O)C4)c(C)n3)nnn2C)CC1. The van der Waals surface area contributed by atoms with Gasteiger partial charge in [0.25, 0.3) is 0 Å². The molecule has 0 radical (unpaired) electrons. The third-order valence-electron chi connectivity index (χ3n) is 7.11. The van der Waals surface area contributed by atoms with Crippen molar-refractivity contribution in [3.8, 4) is 17.1 Å². The van der Waals surface area contributed by atoms with Crippen molar-refractivity contribution in [3.63, 3.8) is 0 Å². The molecule has 2 saturated carbocycles. The Morgan fingerprint density at radius 3 is 2.76 bits per heavy atom. The third kappa shape index (κ3) is 5.48. The third-order valence-corrected chi connectivity index (χ3v) is 7.11. The standard InChI is InChI=1S/C24H33N5O5/c1-4-24(10-11-24)14-33-23(32)25-13-19-21(27-28-29(19)3)18-8-9-20(15(2)26-18)34-17-7-5-6-16(12-17)22(30)31/h8-9,16-17H,4-7,10-14H2,1-3H3,(H,25,32)(H,30,31)/t16-,17-/m0/s1. The van der Waals surface area contributed by atoms with E-state index in [1.807, 2.05) is 19.1 Å². The average Bonchev–Trinajstić information content (AvgIpc) is 3.52. The highest BCUT2D eigenvalue weighted by atomic mass is 16.5. The van der Waals surface area contributed by atoms with Crippen LogP contribution < -0.4 is 10.1 Å². The lowest BCUT2D eigenvalue weighted by atomic mass is 9.87. The van der Waals surface area contributed by atoms with Crippen molar-refractivity contribution in [2.45, 2.75) is 71.4 Å². The van der Waals surface area contributed by atoms with E-state index in [9.17, 15) is 14.7 Å². The second-order valence-electron chi connectivity index (χ2n) is 9.51. The molecule has 2 N–H and O–H groups in total. The number of carbonyl (C=O) groups excluding carboxylic acids is 1. The van der Waals surface area contributed by atoms with Gasteiger partial charge in [-0.05, 0) is 64.0 Å². The van der Waals surface area contributed by atoms with Crippen LogP contribution in [0.2, 0.25) is 0 Å². The molecule has 2 fully saturated rings. The Hall–Kier alpha value is -3.17. The number of hydrogen-bond acceptors (Lipinski definition) is 7. The lowest BCUT2D eigenvalue weighted by molar-refractivity contribution is -0.143. The fraction of sp³-hybridized carbons (Fsp3) is 0.625. The first-order chi connectivity index (χ1) is 16.3. The number of nitrogens with one attached hydrogen (secondary N) is 1. The second-order valence-corrected chi connectivity index (χ2v) is 9.51. The predicted molar refractivity (Wildman–Crippen MR) is 123 cm³/mol. The topological polar surface area (TPSA) is 128 Å². The number of amides is 1. The molecule has 0 aromatic carbocycles. The summed E-state index contributed by atoms with van der Waals surface area (Å²) in [4.78, 5) is 28.2. The summed E-state index contributed by atoms with van der Waals surface area (Å²) in [5.74, 6) is -0.482. The normalized spacial score (nSPS) is 21.0. The highest BCUT2D eigenvalue weighted by molar-refractivity contribution is 5.70. The quantitative estimate of drug-likeness (QED) is 0.567. The van der Waals surface area contributed by atoms with Crippen LogP contribution in [0.5, 0.6) is 5.75 Å². The summed E-state index contributed by atoms with van der Waals surface area (Å²) in [7, 11) is 1.77. The van der Waals surface area contributed by atoms with Gasteiger partial charge in [0, 0.05) is 12.5 Å². The Kier molecular flexibility index (Phi) is 7.04. The number of ether oxygens (including phenoxy) is 2. The van der Waals surface area contributed by atoms with Gasteiger partial charge in [-0.2, -0.15) is 0 Å². The first kappa shape index (κ1) is 24.0. The molecule has 1 amide bonds. The number of alkyl carbamates (subject to hydrolysis) is 1. The Balaban J connectivity index is 1.39. The van der Waals surface area contributed by atoms with Crippen molar-refractivity contribution in [1.29, 1.82) is 0 Å². The molecular weight excluding hydrogens is 438 g/mol. The molecule has 34 heavy (non-hydrogen) atoms. The fourth-order valence-corrected chi connectivity index (χ4v) is 4.44. The van der Waals surface area contributed by atoms with Crippen LogP contribution in [0.4, 0.5) is 4.79 Å². The predicted octanol–water partition coefficient (Wildman–Crippen LogP) is 3.62. The van der Waals surface area contributed by atoms with Crippen LogP contribution in [0.15, 0.2) is 12.1 Å². The summed E-state index contributed by atoms with van der Waals surface area (Å²) in [5.41, 5.74) is 2.78. The Morgan fingerprint density at radius 2 is 2.09 bits per heavy atom. The first-order valence-electron chi connectivity index (χ1n) is 12.0. The van der Waals surface area contributed by atoms with Gasteiger partial charge in [0.1, 0.15) is 11.4 Å². The molecule has 2 aromatic heterocycles. The number of carboxylic acids is 1. The van der Waals surface area contributed by atoms with E-state index in [2.05, 4.69) is 27.5 Å². The van der Waals surface area contributed by atoms with Crippen LogP contribution in [-0.2, 0) is 23.1 Å². The van der Waals surface area contributed by atoms with Gasteiger partial charge >= 0.3 is 12.1 Å². The zero-order valence-electron chi connectivity index (χ0n) is 20.0. The van der Waals surface area contributed by atoms with Crippen LogP contribution in [0.25, 0.3) is 11.4 Å². The van der Waals surface area contributed by atoms with E-state index in [1.165, 1.54) is 0 Å². The van der Waals surface area contributed by atoms with Gasteiger partial charge in [-0.1, -0.05) is 12.1 Å². The second kappa shape index (κ2) is 9.99. The minimum Gasteiger partial charge on any atom is -0.489 e. The van der Waals surface area contributed by atoms with Crippen LogP contribution in [0.3, 0.4) is 0 Å². The van der Waals surface area contributed by atoms with Crippen LogP contribution in [0, 0.1) is 18.3 Å². The largest absolute Gasteiger partial charge is 0.489 e. The lowest BCUT2D eigenvalue weighted by Gasteiger charge is -2.27. The fourth-order valence-electron chi connectivity index (χ4n) is 4.44. The number of hydrogen-bond donors (Lipinski definition) is 2. The molecule has 184 valence electrons. The maximum Gasteiger partial charge on any atom is 0.407 e. The van der Waals surface area contributed by atoms with E-state index in [4.69, 9.17) is 9.47 Å². The molecule has 0 bridgehead atoms. The highest BCUT2D eigenvalue weighted by Crippen LogP contribution is 2.48. The summed E-state index contributed by atoms with van der Waals surface area (Å²) in [6.45, 7) is 4.63. The zero-order valence-corrected chi connectivity index (χ0v) is 20.0. The minimum absolute atomic E-state index is 0.133. The maximum absolute atomic E-state index is 12.2. The van der Waals surface area contributed by atoms with Crippen molar-refractivity contribution in [2.75, 3.05) is 6.61 Å². The summed E-state index contributed by atoms with van der Waals surface area (Å²) >= 11 is 0. The van der Waals surface area contributed by atoms with E-state index in [0.717, 1.165) is 32.1 Å². The molecule has 2 aromatic rings. The Bertz CT molecular complexity index is 1050. The van der Waals surface area contributed by atoms with Gasteiger partial charge in [0.2, 0.25) is 0 Å². The Morgan fingerprint density at radius 1 is 1.29 bits per heavy atom.